The SMILES string of the molecule is CC(C)Cc1ccc2c(c1)CCc1cc(C(=O)O)ccc1N2Cc1ccccc1. The summed E-state index contributed by atoms with van der Waals surface area (Å²) in [7, 11) is 0. The fourth-order valence-electron chi connectivity index (χ4n) is 4.22. The van der Waals surface area contributed by atoms with Crippen molar-refractivity contribution in [2.75, 3.05) is 4.90 Å². The predicted molar refractivity (Wildman–Crippen MR) is 118 cm³/mol. The second-order valence-electron chi connectivity index (χ2n) is 8.28. The molecule has 3 aromatic carbocycles. The van der Waals surface area contributed by atoms with Crippen molar-refractivity contribution in [1.29, 1.82) is 0 Å². The molecule has 0 bridgehead atoms. The van der Waals surface area contributed by atoms with Crippen molar-refractivity contribution in [2.45, 2.75) is 39.7 Å². The molecule has 3 heteroatoms. The maximum absolute atomic E-state index is 11.5. The van der Waals surface area contributed by atoms with E-state index < -0.39 is 5.97 Å². The molecule has 0 spiro atoms. The van der Waals surface area contributed by atoms with Gasteiger partial charge in [-0.25, -0.2) is 4.79 Å². The molecule has 1 aliphatic rings. The molecular formula is C26H27NO2. The quantitative estimate of drug-likeness (QED) is 0.584. The summed E-state index contributed by atoms with van der Waals surface area (Å²) in [6.45, 7) is 5.25. The Bertz CT molecular complexity index is 1020. The van der Waals surface area contributed by atoms with E-state index >= 15 is 0 Å². The number of hydrogen-bond donors (Lipinski definition) is 1. The van der Waals surface area contributed by atoms with Crippen molar-refractivity contribution in [3.05, 3.63) is 94.5 Å². The summed E-state index contributed by atoms with van der Waals surface area (Å²) in [6.07, 6.45) is 2.84. The molecule has 0 saturated heterocycles. The third-order valence-electron chi connectivity index (χ3n) is 5.54. The lowest BCUT2D eigenvalue weighted by atomic mass is 9.97. The van der Waals surface area contributed by atoms with Gasteiger partial charge in [-0.1, -0.05) is 56.3 Å². The number of carboxylic acid groups (broad SMARTS) is 1. The number of nitrogens with zero attached hydrogens (tertiary/aromatic N) is 1. The first-order valence-electron chi connectivity index (χ1n) is 10.3. The minimum Gasteiger partial charge on any atom is -0.478 e. The Labute approximate surface area is 172 Å². The second-order valence-corrected chi connectivity index (χ2v) is 8.28. The van der Waals surface area contributed by atoms with Gasteiger partial charge in [-0.3, -0.25) is 0 Å². The zero-order valence-corrected chi connectivity index (χ0v) is 17.1. The number of benzene rings is 3. The molecule has 0 amide bonds. The maximum atomic E-state index is 11.5. The van der Waals surface area contributed by atoms with Crippen molar-refractivity contribution in [3.8, 4) is 0 Å². The maximum Gasteiger partial charge on any atom is 0.335 e. The molecule has 0 aliphatic carbocycles. The number of aryl methyl sites for hydroxylation is 2. The van der Waals surface area contributed by atoms with Crippen molar-refractivity contribution in [2.24, 2.45) is 5.92 Å². The van der Waals surface area contributed by atoms with E-state index in [2.05, 4.69) is 61.2 Å². The number of rotatable bonds is 5. The van der Waals surface area contributed by atoms with Gasteiger partial charge >= 0.3 is 5.97 Å². The third-order valence-corrected chi connectivity index (χ3v) is 5.54. The highest BCUT2D eigenvalue weighted by molar-refractivity contribution is 5.89. The molecule has 1 N–H and O–H groups in total. The fourth-order valence-corrected chi connectivity index (χ4v) is 4.22. The number of fused-ring (bicyclic) bond motifs is 2. The summed E-state index contributed by atoms with van der Waals surface area (Å²) in [5.74, 6) is -0.252. The minimum absolute atomic E-state index is 0.356. The van der Waals surface area contributed by atoms with Crippen LogP contribution in [0.1, 0.15) is 46.5 Å². The first kappa shape index (κ1) is 19.3. The lowest BCUT2D eigenvalue weighted by Crippen LogP contribution is -2.18. The average molecular weight is 386 g/mol. The van der Waals surface area contributed by atoms with Crippen molar-refractivity contribution in [3.63, 3.8) is 0 Å². The highest BCUT2D eigenvalue weighted by atomic mass is 16.4. The standard InChI is InChI=1S/C26H27NO2/c1-18(2)14-20-8-12-24-21(15-20)9-10-22-16-23(26(28)29)11-13-25(22)27(24)17-19-6-4-3-5-7-19/h3-8,11-13,15-16,18H,9-10,14,17H2,1-2H3,(H,28,29). The van der Waals surface area contributed by atoms with Crippen LogP contribution < -0.4 is 4.90 Å². The second kappa shape index (κ2) is 8.12. The van der Waals surface area contributed by atoms with Crippen molar-refractivity contribution < 1.29 is 9.90 Å². The molecule has 3 aromatic rings. The van der Waals surface area contributed by atoms with Gasteiger partial charge in [-0.2, -0.15) is 0 Å². The zero-order valence-electron chi connectivity index (χ0n) is 17.1. The molecule has 3 nitrogen and oxygen atoms in total. The summed E-state index contributed by atoms with van der Waals surface area (Å²) in [5.41, 5.74) is 7.73. The van der Waals surface area contributed by atoms with Gasteiger partial charge in [0.2, 0.25) is 0 Å². The summed E-state index contributed by atoms with van der Waals surface area (Å²) < 4.78 is 0. The Hall–Kier alpha value is -3.07. The molecule has 148 valence electrons. The van der Waals surface area contributed by atoms with E-state index in [-0.39, 0.29) is 0 Å². The first-order valence-corrected chi connectivity index (χ1v) is 10.3. The van der Waals surface area contributed by atoms with Gasteiger partial charge in [0.25, 0.3) is 0 Å². The van der Waals surface area contributed by atoms with E-state index in [1.165, 1.54) is 22.4 Å². The van der Waals surface area contributed by atoms with E-state index in [1.807, 2.05) is 18.2 Å². The van der Waals surface area contributed by atoms with Crippen LogP contribution >= 0.6 is 0 Å². The topological polar surface area (TPSA) is 40.5 Å². The van der Waals surface area contributed by atoms with Crippen LogP contribution in [0.15, 0.2) is 66.7 Å². The lowest BCUT2D eigenvalue weighted by molar-refractivity contribution is 0.0697. The number of carbonyl (C=O) groups is 1. The third kappa shape index (κ3) is 4.19. The molecule has 0 saturated carbocycles. The van der Waals surface area contributed by atoms with Gasteiger partial charge in [0.1, 0.15) is 0 Å². The van der Waals surface area contributed by atoms with Crippen LogP contribution in [0.25, 0.3) is 0 Å². The van der Waals surface area contributed by atoms with Crippen LogP contribution in [0.5, 0.6) is 0 Å². The molecule has 0 atom stereocenters. The fraction of sp³-hybridized carbons (Fsp3) is 0.269. The molecule has 0 fully saturated rings. The number of carboxylic acids is 1. The summed E-state index contributed by atoms with van der Waals surface area (Å²) >= 11 is 0. The van der Waals surface area contributed by atoms with Crippen LogP contribution in [-0.4, -0.2) is 11.1 Å². The molecular weight excluding hydrogens is 358 g/mol. The predicted octanol–water partition coefficient (Wildman–Crippen LogP) is 6.02. The van der Waals surface area contributed by atoms with E-state index in [9.17, 15) is 9.90 Å². The Morgan fingerprint density at radius 1 is 0.897 bits per heavy atom. The average Bonchev–Trinajstić information content (AvgIpc) is 2.85. The van der Waals surface area contributed by atoms with Crippen LogP contribution in [0.2, 0.25) is 0 Å². The van der Waals surface area contributed by atoms with Crippen molar-refractivity contribution >= 4 is 17.3 Å². The lowest BCUT2D eigenvalue weighted by Gasteiger charge is -2.28. The molecule has 0 radical (unpaired) electrons. The molecule has 0 unspecified atom stereocenters. The number of anilines is 2. The summed E-state index contributed by atoms with van der Waals surface area (Å²) in [6, 6.07) is 22.8. The monoisotopic (exact) mass is 385 g/mol. The van der Waals surface area contributed by atoms with E-state index in [4.69, 9.17) is 0 Å². The number of hydrogen-bond acceptors (Lipinski definition) is 2. The summed E-state index contributed by atoms with van der Waals surface area (Å²) in [5, 5.41) is 9.44. The molecule has 1 heterocycles. The molecule has 4 rings (SSSR count). The van der Waals surface area contributed by atoms with Crippen LogP contribution in [0.4, 0.5) is 11.4 Å². The van der Waals surface area contributed by atoms with Gasteiger partial charge in [0.15, 0.2) is 0 Å². The van der Waals surface area contributed by atoms with E-state index in [0.717, 1.165) is 37.1 Å². The van der Waals surface area contributed by atoms with Gasteiger partial charge < -0.3 is 10.0 Å². The molecule has 1 aliphatic heterocycles. The molecule has 29 heavy (non-hydrogen) atoms. The Balaban J connectivity index is 1.80. The van der Waals surface area contributed by atoms with Crippen LogP contribution in [-0.2, 0) is 25.8 Å². The number of aromatic carboxylic acids is 1. The Morgan fingerprint density at radius 2 is 1.55 bits per heavy atom. The highest BCUT2D eigenvalue weighted by Crippen LogP contribution is 2.38. The normalized spacial score (nSPS) is 13.0. The van der Waals surface area contributed by atoms with Gasteiger partial charge in [-0.05, 0) is 71.7 Å². The highest BCUT2D eigenvalue weighted by Gasteiger charge is 2.22. The Morgan fingerprint density at radius 3 is 2.21 bits per heavy atom. The van der Waals surface area contributed by atoms with Crippen LogP contribution in [0, 0.1) is 5.92 Å². The summed E-state index contributed by atoms with van der Waals surface area (Å²) in [4.78, 5) is 13.8. The smallest absolute Gasteiger partial charge is 0.335 e. The van der Waals surface area contributed by atoms with E-state index in [1.54, 1.807) is 6.07 Å². The van der Waals surface area contributed by atoms with Crippen LogP contribution in [0.3, 0.4) is 0 Å². The van der Waals surface area contributed by atoms with Gasteiger partial charge in [0, 0.05) is 17.9 Å². The van der Waals surface area contributed by atoms with Crippen molar-refractivity contribution in [1.82, 2.24) is 0 Å². The van der Waals surface area contributed by atoms with Gasteiger partial charge in [-0.15, -0.1) is 0 Å². The van der Waals surface area contributed by atoms with E-state index in [0.29, 0.717) is 11.5 Å². The first-order chi connectivity index (χ1) is 14.0. The zero-order chi connectivity index (χ0) is 20.4. The minimum atomic E-state index is -0.872. The Kier molecular flexibility index (Phi) is 5.39. The molecule has 0 aromatic heterocycles. The van der Waals surface area contributed by atoms with Gasteiger partial charge in [0.05, 0.1) is 5.56 Å². The largest absolute Gasteiger partial charge is 0.478 e.